The van der Waals surface area contributed by atoms with Crippen molar-refractivity contribution in [1.29, 1.82) is 0 Å². The Hall–Kier alpha value is -3.16. The lowest BCUT2D eigenvalue weighted by atomic mass is 10.1. The Kier molecular flexibility index (Phi) is 6.58. The maximum Gasteiger partial charge on any atom is 0.234 e. The summed E-state index contributed by atoms with van der Waals surface area (Å²) < 4.78 is 1.95. The second-order valence-electron chi connectivity index (χ2n) is 7.47. The van der Waals surface area contributed by atoms with Gasteiger partial charge in [-0.3, -0.25) is 14.3 Å². The Bertz CT molecular complexity index is 1270. The van der Waals surface area contributed by atoms with Crippen LogP contribution in [0.15, 0.2) is 66.0 Å². The molecule has 0 saturated heterocycles. The number of nitrogens with one attached hydrogen (secondary N) is 1. The summed E-state index contributed by atoms with van der Waals surface area (Å²) >= 11 is 7.56. The van der Waals surface area contributed by atoms with Gasteiger partial charge in [0.1, 0.15) is 5.69 Å². The number of rotatable bonds is 6. The van der Waals surface area contributed by atoms with E-state index in [1.165, 1.54) is 17.3 Å². The zero-order valence-electron chi connectivity index (χ0n) is 18.0. The smallest absolute Gasteiger partial charge is 0.234 e. The molecule has 2 aromatic heterocycles. The number of benzene rings is 2. The largest absolute Gasteiger partial charge is 0.324 e. The van der Waals surface area contributed by atoms with Crippen molar-refractivity contribution >= 4 is 35.0 Å². The van der Waals surface area contributed by atoms with E-state index < -0.39 is 0 Å². The van der Waals surface area contributed by atoms with E-state index in [1.807, 2.05) is 60.9 Å². The van der Waals surface area contributed by atoms with Crippen LogP contribution in [0.1, 0.15) is 16.7 Å². The van der Waals surface area contributed by atoms with E-state index in [2.05, 4.69) is 33.5 Å². The Morgan fingerprint density at radius 3 is 2.53 bits per heavy atom. The third kappa shape index (κ3) is 4.84. The maximum atomic E-state index is 12.6. The van der Waals surface area contributed by atoms with Crippen LogP contribution in [-0.4, -0.2) is 31.4 Å². The van der Waals surface area contributed by atoms with Crippen molar-refractivity contribution in [2.45, 2.75) is 25.9 Å². The summed E-state index contributed by atoms with van der Waals surface area (Å²) in [5, 5.41) is 12.7. The van der Waals surface area contributed by atoms with Gasteiger partial charge in [-0.05, 0) is 62.2 Å². The number of halogens is 1. The van der Waals surface area contributed by atoms with Crippen LogP contribution in [0.25, 0.3) is 17.2 Å². The average molecular weight is 464 g/mol. The monoisotopic (exact) mass is 463 g/mol. The van der Waals surface area contributed by atoms with Gasteiger partial charge >= 0.3 is 0 Å². The van der Waals surface area contributed by atoms with Crippen LogP contribution in [0.3, 0.4) is 0 Å². The molecule has 0 bridgehead atoms. The van der Waals surface area contributed by atoms with E-state index in [1.54, 1.807) is 12.3 Å². The van der Waals surface area contributed by atoms with Gasteiger partial charge in [0.2, 0.25) is 5.91 Å². The molecule has 0 aliphatic carbocycles. The summed E-state index contributed by atoms with van der Waals surface area (Å²) in [5.41, 5.74) is 5.54. The molecule has 0 atom stereocenters. The lowest BCUT2D eigenvalue weighted by molar-refractivity contribution is -0.113. The number of anilines is 1. The first-order chi connectivity index (χ1) is 15.4. The first-order valence-corrected chi connectivity index (χ1v) is 11.4. The van der Waals surface area contributed by atoms with Crippen LogP contribution in [0.4, 0.5) is 5.69 Å². The quantitative estimate of drug-likeness (QED) is 0.374. The van der Waals surface area contributed by atoms with Gasteiger partial charge in [-0.15, -0.1) is 10.2 Å². The summed E-state index contributed by atoms with van der Waals surface area (Å²) in [6, 6.07) is 17.4. The minimum atomic E-state index is -0.171. The third-order valence-corrected chi connectivity index (χ3v) is 6.09. The number of hydrogen-bond donors (Lipinski definition) is 1. The number of hydrogen-bond acceptors (Lipinski definition) is 5. The van der Waals surface area contributed by atoms with E-state index in [-0.39, 0.29) is 11.7 Å². The fourth-order valence-electron chi connectivity index (χ4n) is 3.34. The predicted octanol–water partition coefficient (Wildman–Crippen LogP) is 5.64. The van der Waals surface area contributed by atoms with Crippen molar-refractivity contribution in [1.82, 2.24) is 19.7 Å². The summed E-state index contributed by atoms with van der Waals surface area (Å²) in [4.78, 5) is 17.0. The summed E-state index contributed by atoms with van der Waals surface area (Å²) in [6.07, 6.45) is 1.72. The highest BCUT2D eigenvalue weighted by atomic mass is 35.5. The number of pyridine rings is 1. The molecule has 162 valence electrons. The fraction of sp³-hybridized carbons (Fsp3) is 0.167. The Labute approximate surface area is 196 Å². The Morgan fingerprint density at radius 1 is 1.03 bits per heavy atom. The number of aromatic nitrogens is 4. The third-order valence-electron chi connectivity index (χ3n) is 4.85. The van der Waals surface area contributed by atoms with Crippen LogP contribution < -0.4 is 5.32 Å². The van der Waals surface area contributed by atoms with Crippen molar-refractivity contribution in [3.63, 3.8) is 0 Å². The SMILES string of the molecule is Cc1ccc(-n2c(SCC(=O)Nc3ccc(C)cc3Cl)nnc2-c2ccccn2)c(C)c1. The highest BCUT2D eigenvalue weighted by Gasteiger charge is 2.19. The van der Waals surface area contributed by atoms with Crippen LogP contribution in [0.2, 0.25) is 5.02 Å². The lowest BCUT2D eigenvalue weighted by Crippen LogP contribution is -2.15. The second kappa shape index (κ2) is 9.54. The molecule has 2 aromatic carbocycles. The molecule has 4 aromatic rings. The Balaban J connectivity index is 1.62. The van der Waals surface area contributed by atoms with Crippen LogP contribution in [-0.2, 0) is 4.79 Å². The van der Waals surface area contributed by atoms with E-state index in [0.717, 1.165) is 16.8 Å². The van der Waals surface area contributed by atoms with E-state index in [9.17, 15) is 4.79 Å². The van der Waals surface area contributed by atoms with E-state index in [4.69, 9.17) is 11.6 Å². The number of aryl methyl sites for hydroxylation is 3. The van der Waals surface area contributed by atoms with Crippen molar-refractivity contribution in [3.8, 4) is 17.2 Å². The molecule has 6 nitrogen and oxygen atoms in total. The standard InChI is InChI=1S/C24H22ClN5OS/c1-15-8-10-21(17(3)12-15)30-23(20-6-4-5-11-26-20)28-29-24(30)32-14-22(31)27-19-9-7-16(2)13-18(19)25/h4-13H,14H2,1-3H3,(H,27,31). The van der Waals surface area contributed by atoms with Crippen LogP contribution >= 0.6 is 23.4 Å². The van der Waals surface area contributed by atoms with Gasteiger partial charge in [0, 0.05) is 6.20 Å². The van der Waals surface area contributed by atoms with Crippen molar-refractivity contribution in [2.75, 3.05) is 11.1 Å². The van der Waals surface area contributed by atoms with Crippen molar-refractivity contribution < 1.29 is 4.79 Å². The molecule has 1 amide bonds. The average Bonchev–Trinajstić information content (AvgIpc) is 3.18. The number of carbonyl (C=O) groups is 1. The zero-order valence-corrected chi connectivity index (χ0v) is 19.5. The number of amides is 1. The van der Waals surface area contributed by atoms with Gasteiger partial charge in [-0.2, -0.15) is 0 Å². The highest BCUT2D eigenvalue weighted by molar-refractivity contribution is 7.99. The molecular formula is C24H22ClN5OS. The van der Waals surface area contributed by atoms with Gasteiger partial charge in [-0.1, -0.05) is 53.2 Å². The molecule has 0 unspecified atom stereocenters. The second-order valence-corrected chi connectivity index (χ2v) is 8.82. The molecule has 4 rings (SSSR count). The van der Waals surface area contributed by atoms with Gasteiger partial charge in [-0.25, -0.2) is 0 Å². The number of nitrogens with zero attached hydrogens (tertiary/aromatic N) is 4. The minimum absolute atomic E-state index is 0.162. The fourth-order valence-corrected chi connectivity index (χ4v) is 4.36. The molecule has 0 aliphatic rings. The van der Waals surface area contributed by atoms with Crippen molar-refractivity contribution in [2.24, 2.45) is 0 Å². The molecular weight excluding hydrogens is 442 g/mol. The number of thioether (sulfide) groups is 1. The first kappa shape index (κ1) is 22.0. The summed E-state index contributed by atoms with van der Waals surface area (Å²) in [7, 11) is 0. The van der Waals surface area contributed by atoms with Gasteiger partial charge in [0.25, 0.3) is 0 Å². The Morgan fingerprint density at radius 2 is 1.81 bits per heavy atom. The summed E-state index contributed by atoms with van der Waals surface area (Å²) in [5.74, 6) is 0.618. The molecule has 2 heterocycles. The molecule has 32 heavy (non-hydrogen) atoms. The minimum Gasteiger partial charge on any atom is -0.324 e. The topological polar surface area (TPSA) is 72.7 Å². The zero-order chi connectivity index (χ0) is 22.7. The van der Waals surface area contributed by atoms with E-state index >= 15 is 0 Å². The van der Waals surface area contributed by atoms with Crippen molar-refractivity contribution in [3.05, 3.63) is 82.5 Å². The maximum absolute atomic E-state index is 12.6. The molecule has 0 saturated carbocycles. The predicted molar refractivity (Wildman–Crippen MR) is 130 cm³/mol. The first-order valence-electron chi connectivity index (χ1n) is 10.1. The van der Waals surface area contributed by atoms with Crippen LogP contribution in [0.5, 0.6) is 0 Å². The molecule has 8 heteroatoms. The van der Waals surface area contributed by atoms with E-state index in [0.29, 0.717) is 27.4 Å². The normalized spacial score (nSPS) is 10.9. The molecule has 0 spiro atoms. The summed E-state index contributed by atoms with van der Waals surface area (Å²) in [6.45, 7) is 6.05. The molecule has 0 radical (unpaired) electrons. The number of carbonyl (C=O) groups excluding carboxylic acids is 1. The van der Waals surface area contributed by atoms with Gasteiger partial charge in [0.05, 0.1) is 22.2 Å². The lowest BCUT2D eigenvalue weighted by Gasteiger charge is -2.13. The highest BCUT2D eigenvalue weighted by Crippen LogP contribution is 2.29. The van der Waals surface area contributed by atoms with Gasteiger partial charge in [0.15, 0.2) is 11.0 Å². The van der Waals surface area contributed by atoms with Gasteiger partial charge < -0.3 is 5.32 Å². The van der Waals surface area contributed by atoms with Crippen LogP contribution in [0, 0.1) is 20.8 Å². The molecule has 0 fully saturated rings. The molecule has 1 N–H and O–H groups in total. The molecule has 0 aliphatic heterocycles.